The molecule has 1 amide bonds. The van der Waals surface area contributed by atoms with Gasteiger partial charge in [0.15, 0.2) is 0 Å². The van der Waals surface area contributed by atoms with E-state index in [1.54, 1.807) is 6.07 Å². The summed E-state index contributed by atoms with van der Waals surface area (Å²) in [5.74, 6) is 0.539. The Labute approximate surface area is 146 Å². The van der Waals surface area contributed by atoms with E-state index < -0.39 is 0 Å². The standard InChI is InChI=1S/C17H24N4O4/c22-14-10-13(17(14)1-5-24-6-2-17)20-16(23)12-9-15(19-11-18-12)21-3-7-25-8-4-21/h9,11,13-14,22H,1-8,10H2,(H,20,23)/t13-,14-/m1/s1. The number of rotatable bonds is 3. The molecule has 2 atom stereocenters. The molecule has 8 heteroatoms. The summed E-state index contributed by atoms with van der Waals surface area (Å²) in [6.45, 7) is 4.12. The van der Waals surface area contributed by atoms with Crippen LogP contribution in [0.25, 0.3) is 0 Å². The van der Waals surface area contributed by atoms with Crippen LogP contribution in [0.1, 0.15) is 29.8 Å². The summed E-state index contributed by atoms with van der Waals surface area (Å²) >= 11 is 0. The lowest BCUT2D eigenvalue weighted by Crippen LogP contribution is -2.65. The van der Waals surface area contributed by atoms with Gasteiger partial charge in [0, 0.05) is 43.8 Å². The van der Waals surface area contributed by atoms with Crippen LogP contribution in [0.4, 0.5) is 5.82 Å². The third-order valence-corrected chi connectivity index (χ3v) is 5.77. The van der Waals surface area contributed by atoms with E-state index in [9.17, 15) is 9.90 Å². The van der Waals surface area contributed by atoms with E-state index in [4.69, 9.17) is 9.47 Å². The van der Waals surface area contributed by atoms with Gasteiger partial charge in [-0.1, -0.05) is 0 Å². The van der Waals surface area contributed by atoms with Gasteiger partial charge in [-0.3, -0.25) is 4.79 Å². The molecule has 2 N–H and O–H groups in total. The highest BCUT2D eigenvalue weighted by atomic mass is 16.5. The van der Waals surface area contributed by atoms with Gasteiger partial charge in [0.2, 0.25) is 0 Å². The zero-order valence-corrected chi connectivity index (χ0v) is 14.2. The first-order valence-corrected chi connectivity index (χ1v) is 8.90. The molecule has 1 spiro atoms. The molecule has 0 unspecified atom stereocenters. The lowest BCUT2D eigenvalue weighted by atomic mass is 9.58. The highest BCUT2D eigenvalue weighted by molar-refractivity contribution is 5.93. The third-order valence-electron chi connectivity index (χ3n) is 5.77. The normalized spacial score (nSPS) is 28.4. The molecule has 0 aromatic carbocycles. The number of hydrogen-bond acceptors (Lipinski definition) is 7. The molecule has 1 aromatic heterocycles. The van der Waals surface area contributed by atoms with Crippen LogP contribution in [0.2, 0.25) is 0 Å². The maximum Gasteiger partial charge on any atom is 0.270 e. The summed E-state index contributed by atoms with van der Waals surface area (Å²) in [7, 11) is 0. The minimum Gasteiger partial charge on any atom is -0.392 e. The number of aromatic nitrogens is 2. The predicted octanol–water partition coefficient (Wildman–Crippen LogP) is -0.0270. The van der Waals surface area contributed by atoms with Crippen LogP contribution < -0.4 is 10.2 Å². The van der Waals surface area contributed by atoms with Crippen molar-refractivity contribution in [2.45, 2.75) is 31.4 Å². The van der Waals surface area contributed by atoms with Crippen LogP contribution in [0.5, 0.6) is 0 Å². The van der Waals surface area contributed by atoms with Crippen molar-refractivity contribution in [1.82, 2.24) is 15.3 Å². The number of morpholine rings is 1. The van der Waals surface area contributed by atoms with Crippen molar-refractivity contribution in [2.24, 2.45) is 5.41 Å². The molecule has 3 aliphatic rings. The van der Waals surface area contributed by atoms with Crippen LogP contribution in [0.15, 0.2) is 12.4 Å². The van der Waals surface area contributed by atoms with Crippen molar-refractivity contribution in [3.05, 3.63) is 18.1 Å². The molecule has 136 valence electrons. The number of amides is 1. The molecule has 1 saturated carbocycles. The van der Waals surface area contributed by atoms with Crippen molar-refractivity contribution in [1.29, 1.82) is 0 Å². The summed E-state index contributed by atoms with van der Waals surface area (Å²) in [6, 6.07) is 1.70. The second kappa shape index (κ2) is 6.86. The number of anilines is 1. The molecule has 3 fully saturated rings. The molecule has 3 heterocycles. The Kier molecular flexibility index (Phi) is 4.58. The van der Waals surface area contributed by atoms with E-state index in [-0.39, 0.29) is 23.5 Å². The van der Waals surface area contributed by atoms with Gasteiger partial charge in [0.25, 0.3) is 5.91 Å². The molecular formula is C17H24N4O4. The summed E-state index contributed by atoms with van der Waals surface area (Å²) in [5, 5.41) is 13.3. The lowest BCUT2D eigenvalue weighted by molar-refractivity contribution is -0.145. The van der Waals surface area contributed by atoms with E-state index >= 15 is 0 Å². The average molecular weight is 348 g/mol. The van der Waals surface area contributed by atoms with Crippen molar-refractivity contribution in [3.8, 4) is 0 Å². The van der Waals surface area contributed by atoms with Gasteiger partial charge >= 0.3 is 0 Å². The number of carbonyl (C=O) groups excluding carboxylic acids is 1. The smallest absolute Gasteiger partial charge is 0.270 e. The second-order valence-corrected chi connectivity index (χ2v) is 6.98. The van der Waals surface area contributed by atoms with E-state index in [1.165, 1.54) is 6.33 Å². The quantitative estimate of drug-likeness (QED) is 0.792. The lowest BCUT2D eigenvalue weighted by Gasteiger charge is -2.55. The van der Waals surface area contributed by atoms with Gasteiger partial charge in [-0.05, 0) is 19.3 Å². The van der Waals surface area contributed by atoms with Gasteiger partial charge in [-0.2, -0.15) is 0 Å². The molecule has 0 radical (unpaired) electrons. The molecular weight excluding hydrogens is 324 g/mol. The molecule has 8 nitrogen and oxygen atoms in total. The first kappa shape index (κ1) is 16.7. The van der Waals surface area contributed by atoms with Gasteiger partial charge in [0.1, 0.15) is 17.8 Å². The maximum atomic E-state index is 12.7. The average Bonchev–Trinajstić information content (AvgIpc) is 2.69. The summed E-state index contributed by atoms with van der Waals surface area (Å²) in [6.07, 6.45) is 3.22. The number of carbonyl (C=O) groups is 1. The van der Waals surface area contributed by atoms with Crippen LogP contribution in [-0.2, 0) is 9.47 Å². The van der Waals surface area contributed by atoms with Crippen molar-refractivity contribution in [3.63, 3.8) is 0 Å². The number of aliphatic hydroxyl groups excluding tert-OH is 1. The Bertz CT molecular complexity index is 629. The number of hydrogen-bond donors (Lipinski definition) is 2. The fourth-order valence-corrected chi connectivity index (χ4v) is 4.07. The molecule has 25 heavy (non-hydrogen) atoms. The fraction of sp³-hybridized carbons (Fsp3) is 0.706. The summed E-state index contributed by atoms with van der Waals surface area (Å²) in [4.78, 5) is 23.2. The SMILES string of the molecule is O=C(N[C@@H]1C[C@@H](O)C12CCOCC2)c1cc(N2CCOCC2)ncn1. The van der Waals surface area contributed by atoms with Crippen LogP contribution >= 0.6 is 0 Å². The molecule has 2 aliphatic heterocycles. The molecule has 1 aliphatic carbocycles. The fourth-order valence-electron chi connectivity index (χ4n) is 4.07. The zero-order chi connectivity index (χ0) is 17.3. The monoisotopic (exact) mass is 348 g/mol. The van der Waals surface area contributed by atoms with E-state index in [2.05, 4.69) is 20.2 Å². The predicted molar refractivity (Wildman–Crippen MR) is 89.4 cm³/mol. The Hall–Kier alpha value is -1.77. The first-order chi connectivity index (χ1) is 12.2. The van der Waals surface area contributed by atoms with Crippen molar-refractivity contribution < 1.29 is 19.4 Å². The van der Waals surface area contributed by atoms with Gasteiger partial charge < -0.3 is 24.8 Å². The molecule has 2 saturated heterocycles. The van der Waals surface area contributed by atoms with E-state index in [0.717, 1.165) is 31.7 Å². The van der Waals surface area contributed by atoms with E-state index in [0.29, 0.717) is 38.5 Å². The Morgan fingerprint density at radius 2 is 1.92 bits per heavy atom. The topological polar surface area (TPSA) is 96.8 Å². The minimum atomic E-state index is -0.365. The zero-order valence-electron chi connectivity index (χ0n) is 14.2. The largest absolute Gasteiger partial charge is 0.392 e. The summed E-state index contributed by atoms with van der Waals surface area (Å²) < 4.78 is 10.8. The van der Waals surface area contributed by atoms with Gasteiger partial charge in [-0.25, -0.2) is 9.97 Å². The van der Waals surface area contributed by atoms with Crippen LogP contribution in [0, 0.1) is 5.41 Å². The summed E-state index contributed by atoms with van der Waals surface area (Å²) in [5.41, 5.74) is 0.119. The molecule has 1 aromatic rings. The minimum absolute atomic E-state index is 0.0271. The highest BCUT2D eigenvalue weighted by Gasteiger charge is 2.55. The second-order valence-electron chi connectivity index (χ2n) is 6.98. The number of nitrogens with one attached hydrogen (secondary N) is 1. The van der Waals surface area contributed by atoms with Crippen LogP contribution in [0.3, 0.4) is 0 Å². The van der Waals surface area contributed by atoms with Crippen molar-refractivity contribution >= 4 is 11.7 Å². The van der Waals surface area contributed by atoms with E-state index in [1.807, 2.05) is 0 Å². The van der Waals surface area contributed by atoms with Crippen LogP contribution in [-0.4, -0.2) is 72.6 Å². The third kappa shape index (κ3) is 3.09. The Morgan fingerprint density at radius 1 is 1.20 bits per heavy atom. The number of ether oxygens (including phenoxy) is 2. The number of aliphatic hydroxyl groups is 1. The Balaban J connectivity index is 1.44. The van der Waals surface area contributed by atoms with Crippen molar-refractivity contribution in [2.75, 3.05) is 44.4 Å². The first-order valence-electron chi connectivity index (χ1n) is 8.90. The Morgan fingerprint density at radius 3 is 2.64 bits per heavy atom. The van der Waals surface area contributed by atoms with Gasteiger partial charge in [0.05, 0.1) is 19.3 Å². The van der Waals surface area contributed by atoms with Gasteiger partial charge in [-0.15, -0.1) is 0 Å². The highest BCUT2D eigenvalue weighted by Crippen LogP contribution is 2.49. The number of nitrogens with zero attached hydrogens (tertiary/aromatic N) is 3. The molecule has 4 rings (SSSR count). The maximum absolute atomic E-state index is 12.7. The molecule has 0 bridgehead atoms.